The summed E-state index contributed by atoms with van der Waals surface area (Å²) < 4.78 is 8.39. The Labute approximate surface area is 67.3 Å². The van der Waals surface area contributed by atoms with Gasteiger partial charge in [0.25, 0.3) is 0 Å². The molecule has 0 spiro atoms. The summed E-state index contributed by atoms with van der Waals surface area (Å²) in [5, 5.41) is 0. The number of hydrogen-bond donors (Lipinski definition) is 0. The van der Waals surface area contributed by atoms with Crippen molar-refractivity contribution in [1.29, 1.82) is 0 Å². The fourth-order valence-electron chi connectivity index (χ4n) is 0.558. The lowest BCUT2D eigenvalue weighted by molar-refractivity contribution is -0.154. The normalized spacial score (nSPS) is 15.2. The van der Waals surface area contributed by atoms with E-state index in [-0.39, 0.29) is 0 Å². The van der Waals surface area contributed by atoms with Crippen LogP contribution in [0.3, 0.4) is 0 Å². The molecule has 62 valence electrons. The minimum atomic E-state index is -0.963. The number of esters is 3. The fourth-order valence-corrected chi connectivity index (χ4v) is 0.558. The van der Waals surface area contributed by atoms with Gasteiger partial charge < -0.3 is 9.47 Å². The first-order valence-corrected chi connectivity index (χ1v) is 2.95. The molecule has 0 saturated carbocycles. The van der Waals surface area contributed by atoms with Crippen LogP contribution < -0.4 is 0 Å². The molecule has 0 aromatic carbocycles. The molecule has 0 N–H and O–H groups in total. The van der Waals surface area contributed by atoms with Crippen LogP contribution in [0.4, 0.5) is 0 Å². The standard InChI is InChI=1S/C7H4O5/c1-2-5(8)11-4-3-6(9)12-7(4)10/h2-3H,1H2. The molecule has 0 radical (unpaired) electrons. The van der Waals surface area contributed by atoms with E-state index in [1.807, 2.05) is 0 Å². The first-order chi connectivity index (χ1) is 5.63. The zero-order valence-electron chi connectivity index (χ0n) is 5.90. The minimum Gasteiger partial charge on any atom is -0.415 e. The van der Waals surface area contributed by atoms with Gasteiger partial charge in [-0.05, 0) is 0 Å². The molecule has 5 nitrogen and oxygen atoms in total. The van der Waals surface area contributed by atoms with Gasteiger partial charge in [0.05, 0.1) is 6.08 Å². The third kappa shape index (κ3) is 1.57. The molecule has 0 amide bonds. The molecule has 1 heterocycles. The summed E-state index contributed by atoms with van der Waals surface area (Å²) in [6.45, 7) is 3.11. The lowest BCUT2D eigenvalue weighted by Crippen LogP contribution is -2.07. The van der Waals surface area contributed by atoms with Gasteiger partial charge in [-0.2, -0.15) is 0 Å². The molecule has 0 unspecified atom stereocenters. The summed E-state index contributed by atoms with van der Waals surface area (Å²) >= 11 is 0. The van der Waals surface area contributed by atoms with Crippen LogP contribution >= 0.6 is 0 Å². The van der Waals surface area contributed by atoms with E-state index in [2.05, 4.69) is 16.1 Å². The van der Waals surface area contributed by atoms with Gasteiger partial charge in [-0.25, -0.2) is 14.4 Å². The third-order valence-electron chi connectivity index (χ3n) is 1.02. The van der Waals surface area contributed by atoms with Crippen molar-refractivity contribution < 1.29 is 23.9 Å². The second-order valence-electron chi connectivity index (χ2n) is 1.84. The number of rotatable bonds is 2. The van der Waals surface area contributed by atoms with Gasteiger partial charge >= 0.3 is 17.9 Å². The molecule has 0 atom stereocenters. The predicted octanol–water partition coefficient (Wildman–Crippen LogP) is -0.317. The lowest BCUT2D eigenvalue weighted by atomic mass is 10.5. The smallest absolute Gasteiger partial charge is 0.382 e. The van der Waals surface area contributed by atoms with Crippen LogP contribution in [-0.2, 0) is 23.9 Å². The van der Waals surface area contributed by atoms with E-state index >= 15 is 0 Å². The molecular formula is C7H4O5. The molecule has 0 aromatic heterocycles. The van der Waals surface area contributed by atoms with Gasteiger partial charge in [0.15, 0.2) is 0 Å². The van der Waals surface area contributed by atoms with E-state index in [4.69, 9.17) is 0 Å². The Hall–Kier alpha value is -1.91. The van der Waals surface area contributed by atoms with Crippen molar-refractivity contribution >= 4 is 17.9 Å². The molecule has 0 aromatic rings. The van der Waals surface area contributed by atoms with Gasteiger partial charge in [-0.1, -0.05) is 6.58 Å². The summed E-state index contributed by atoms with van der Waals surface area (Å²) in [4.78, 5) is 31.5. The predicted molar refractivity (Wildman–Crippen MR) is 35.5 cm³/mol. The van der Waals surface area contributed by atoms with Crippen molar-refractivity contribution in [2.45, 2.75) is 0 Å². The molecule has 0 fully saturated rings. The quantitative estimate of drug-likeness (QED) is 0.321. The molecule has 5 heteroatoms. The van der Waals surface area contributed by atoms with E-state index in [9.17, 15) is 14.4 Å². The van der Waals surface area contributed by atoms with Crippen LogP contribution in [-0.4, -0.2) is 17.9 Å². The van der Waals surface area contributed by atoms with Crippen LogP contribution in [0.15, 0.2) is 24.5 Å². The maximum atomic E-state index is 10.6. The second-order valence-corrected chi connectivity index (χ2v) is 1.84. The van der Waals surface area contributed by atoms with E-state index in [1.54, 1.807) is 0 Å². The number of carbonyl (C=O) groups excluding carboxylic acids is 3. The van der Waals surface area contributed by atoms with Crippen molar-refractivity contribution in [1.82, 2.24) is 0 Å². The monoisotopic (exact) mass is 168 g/mol. The van der Waals surface area contributed by atoms with Crippen molar-refractivity contribution in [3.8, 4) is 0 Å². The topological polar surface area (TPSA) is 69.7 Å². The average Bonchev–Trinajstić information content (AvgIpc) is 2.30. The van der Waals surface area contributed by atoms with Gasteiger partial charge in [-0.3, -0.25) is 0 Å². The number of carbonyl (C=O) groups is 3. The molecular weight excluding hydrogens is 164 g/mol. The van der Waals surface area contributed by atoms with Crippen LogP contribution in [0.1, 0.15) is 0 Å². The first-order valence-electron chi connectivity index (χ1n) is 2.95. The highest BCUT2D eigenvalue weighted by Gasteiger charge is 2.26. The highest BCUT2D eigenvalue weighted by atomic mass is 16.6. The number of ether oxygens (including phenoxy) is 2. The van der Waals surface area contributed by atoms with Crippen LogP contribution in [0.25, 0.3) is 0 Å². The molecule has 0 bridgehead atoms. The van der Waals surface area contributed by atoms with Crippen molar-refractivity contribution in [3.05, 3.63) is 24.5 Å². The fraction of sp³-hybridized carbons (Fsp3) is 0. The van der Waals surface area contributed by atoms with Gasteiger partial charge in [0.2, 0.25) is 5.76 Å². The highest BCUT2D eigenvalue weighted by Crippen LogP contribution is 2.09. The largest absolute Gasteiger partial charge is 0.415 e. The van der Waals surface area contributed by atoms with Crippen LogP contribution in [0, 0.1) is 0 Å². The Balaban J connectivity index is 2.70. The van der Waals surface area contributed by atoms with E-state index in [0.717, 1.165) is 12.2 Å². The molecule has 0 aliphatic carbocycles. The maximum absolute atomic E-state index is 10.6. The van der Waals surface area contributed by atoms with Crippen LogP contribution in [0.2, 0.25) is 0 Å². The summed E-state index contributed by atoms with van der Waals surface area (Å²) in [5.74, 6) is -3.03. The van der Waals surface area contributed by atoms with Crippen molar-refractivity contribution in [2.75, 3.05) is 0 Å². The maximum Gasteiger partial charge on any atom is 0.382 e. The molecule has 12 heavy (non-hydrogen) atoms. The Bertz CT molecular complexity index is 299. The Morgan fingerprint density at radius 3 is 2.67 bits per heavy atom. The Morgan fingerprint density at radius 2 is 2.25 bits per heavy atom. The molecule has 0 saturated heterocycles. The van der Waals surface area contributed by atoms with E-state index in [1.165, 1.54) is 0 Å². The average molecular weight is 168 g/mol. The second kappa shape index (κ2) is 3.00. The zero-order valence-corrected chi connectivity index (χ0v) is 5.90. The van der Waals surface area contributed by atoms with Gasteiger partial charge in [0, 0.05) is 6.08 Å². The Kier molecular flexibility index (Phi) is 2.05. The Morgan fingerprint density at radius 1 is 1.58 bits per heavy atom. The third-order valence-corrected chi connectivity index (χ3v) is 1.02. The summed E-state index contributed by atoms with van der Waals surface area (Å²) in [6.07, 6.45) is 1.67. The zero-order chi connectivity index (χ0) is 9.14. The minimum absolute atomic E-state index is 0.412. The SMILES string of the molecule is C=CC(=O)OC1=CC(=O)OC1=O. The highest BCUT2D eigenvalue weighted by molar-refractivity contribution is 6.08. The van der Waals surface area contributed by atoms with Crippen LogP contribution in [0.5, 0.6) is 0 Å². The van der Waals surface area contributed by atoms with Crippen molar-refractivity contribution in [3.63, 3.8) is 0 Å². The first kappa shape index (κ1) is 8.19. The molecule has 1 aliphatic rings. The summed E-state index contributed by atoms with van der Waals surface area (Å²) in [7, 11) is 0. The summed E-state index contributed by atoms with van der Waals surface area (Å²) in [6, 6.07) is 0. The number of hydrogen-bond acceptors (Lipinski definition) is 5. The van der Waals surface area contributed by atoms with Gasteiger partial charge in [0.1, 0.15) is 0 Å². The molecule has 1 rings (SSSR count). The molecule has 1 aliphatic heterocycles. The van der Waals surface area contributed by atoms with E-state index < -0.39 is 23.7 Å². The lowest BCUT2D eigenvalue weighted by Gasteiger charge is -1.95. The van der Waals surface area contributed by atoms with Gasteiger partial charge in [-0.15, -0.1) is 0 Å². The summed E-state index contributed by atoms with van der Waals surface area (Å²) in [5.41, 5.74) is 0. The number of cyclic esters (lactones) is 2. The van der Waals surface area contributed by atoms with E-state index in [0.29, 0.717) is 0 Å². The van der Waals surface area contributed by atoms with Crippen molar-refractivity contribution in [2.24, 2.45) is 0 Å².